The van der Waals surface area contributed by atoms with Gasteiger partial charge in [-0.25, -0.2) is 0 Å². The van der Waals surface area contributed by atoms with Gasteiger partial charge in [0.1, 0.15) is 6.61 Å². The average molecular weight is 213 g/mol. The molecule has 15 heavy (non-hydrogen) atoms. The van der Waals surface area contributed by atoms with E-state index in [2.05, 4.69) is 11.9 Å². The van der Waals surface area contributed by atoms with Crippen LogP contribution in [-0.2, 0) is 14.3 Å². The largest absolute Gasteiger partial charge is 0.464 e. The lowest BCUT2D eigenvalue weighted by atomic mass is 10.1. The van der Waals surface area contributed by atoms with Gasteiger partial charge in [0.25, 0.3) is 0 Å². The van der Waals surface area contributed by atoms with E-state index in [1.807, 2.05) is 13.8 Å². The molecule has 0 heterocycles. The molecular formula is C11H19NO3. The fraction of sp³-hybridized carbons (Fsp3) is 0.636. The van der Waals surface area contributed by atoms with Gasteiger partial charge in [-0.1, -0.05) is 20.4 Å². The minimum atomic E-state index is -0.220. The van der Waals surface area contributed by atoms with Crippen LogP contribution in [0.15, 0.2) is 12.2 Å². The SMILES string of the molecule is C=C(C)C(=O)NCCOC(=O)C(C)CC. The summed E-state index contributed by atoms with van der Waals surface area (Å²) in [6.45, 7) is 9.39. The van der Waals surface area contributed by atoms with Crippen molar-refractivity contribution in [2.24, 2.45) is 5.92 Å². The van der Waals surface area contributed by atoms with Gasteiger partial charge >= 0.3 is 5.97 Å². The van der Waals surface area contributed by atoms with Gasteiger partial charge in [0.05, 0.1) is 12.5 Å². The van der Waals surface area contributed by atoms with E-state index in [4.69, 9.17) is 4.74 Å². The number of esters is 1. The second-order valence-electron chi connectivity index (χ2n) is 3.51. The van der Waals surface area contributed by atoms with E-state index in [1.165, 1.54) is 0 Å². The third-order valence-electron chi connectivity index (χ3n) is 2.03. The van der Waals surface area contributed by atoms with E-state index < -0.39 is 0 Å². The lowest BCUT2D eigenvalue weighted by molar-refractivity contribution is -0.148. The molecule has 86 valence electrons. The first-order chi connectivity index (χ1) is 6.99. The van der Waals surface area contributed by atoms with Crippen molar-refractivity contribution in [3.05, 3.63) is 12.2 Å². The molecule has 0 aliphatic rings. The first kappa shape index (κ1) is 13.7. The monoisotopic (exact) mass is 213 g/mol. The molecule has 0 aliphatic heterocycles. The summed E-state index contributed by atoms with van der Waals surface area (Å²) in [6, 6.07) is 0. The summed E-state index contributed by atoms with van der Waals surface area (Å²) >= 11 is 0. The second-order valence-corrected chi connectivity index (χ2v) is 3.51. The van der Waals surface area contributed by atoms with E-state index in [-0.39, 0.29) is 24.4 Å². The minimum Gasteiger partial charge on any atom is -0.464 e. The number of amides is 1. The molecule has 1 amide bonds. The molecule has 0 aromatic carbocycles. The molecule has 1 N–H and O–H groups in total. The zero-order chi connectivity index (χ0) is 11.8. The van der Waals surface area contributed by atoms with Crippen LogP contribution < -0.4 is 5.32 Å². The number of nitrogens with one attached hydrogen (secondary N) is 1. The van der Waals surface area contributed by atoms with Gasteiger partial charge in [0.15, 0.2) is 0 Å². The van der Waals surface area contributed by atoms with Crippen LogP contribution in [0.3, 0.4) is 0 Å². The molecule has 0 aromatic rings. The third kappa shape index (κ3) is 5.88. The summed E-state index contributed by atoms with van der Waals surface area (Å²) in [6.07, 6.45) is 0.761. The van der Waals surface area contributed by atoms with Gasteiger partial charge in [-0.15, -0.1) is 0 Å². The Morgan fingerprint density at radius 2 is 2.07 bits per heavy atom. The quantitative estimate of drug-likeness (QED) is 0.410. The Morgan fingerprint density at radius 1 is 1.47 bits per heavy atom. The van der Waals surface area contributed by atoms with Crippen molar-refractivity contribution in [3.8, 4) is 0 Å². The molecule has 0 spiro atoms. The van der Waals surface area contributed by atoms with Crippen LogP contribution in [0.2, 0.25) is 0 Å². The van der Waals surface area contributed by atoms with Gasteiger partial charge in [0.2, 0.25) is 5.91 Å². The molecule has 0 saturated heterocycles. The summed E-state index contributed by atoms with van der Waals surface area (Å²) < 4.78 is 4.94. The lowest BCUT2D eigenvalue weighted by Crippen LogP contribution is -2.29. The fourth-order valence-electron chi connectivity index (χ4n) is 0.776. The Kier molecular flexibility index (Phi) is 6.42. The Hall–Kier alpha value is -1.32. The molecule has 0 fully saturated rings. The van der Waals surface area contributed by atoms with Gasteiger partial charge in [0, 0.05) is 5.57 Å². The highest BCUT2D eigenvalue weighted by atomic mass is 16.5. The molecule has 1 unspecified atom stereocenters. The van der Waals surface area contributed by atoms with Crippen LogP contribution in [0.25, 0.3) is 0 Å². The molecule has 4 nitrogen and oxygen atoms in total. The minimum absolute atomic E-state index is 0.0816. The lowest BCUT2D eigenvalue weighted by Gasteiger charge is -2.09. The van der Waals surface area contributed by atoms with Crippen molar-refractivity contribution >= 4 is 11.9 Å². The van der Waals surface area contributed by atoms with Crippen LogP contribution in [0.5, 0.6) is 0 Å². The zero-order valence-corrected chi connectivity index (χ0v) is 9.63. The molecule has 0 rings (SSSR count). The molecular weight excluding hydrogens is 194 g/mol. The standard InChI is InChI=1S/C11H19NO3/c1-5-9(4)11(14)15-7-6-12-10(13)8(2)3/h9H,2,5-7H2,1,3-4H3,(H,12,13). The number of carbonyl (C=O) groups excluding carboxylic acids is 2. The third-order valence-corrected chi connectivity index (χ3v) is 2.03. The maximum atomic E-state index is 11.2. The van der Waals surface area contributed by atoms with E-state index in [0.717, 1.165) is 6.42 Å². The number of rotatable bonds is 6. The predicted molar refractivity (Wildman–Crippen MR) is 58.2 cm³/mol. The van der Waals surface area contributed by atoms with Gasteiger partial charge < -0.3 is 10.1 Å². The number of carbonyl (C=O) groups is 2. The second kappa shape index (κ2) is 7.04. The van der Waals surface area contributed by atoms with Crippen molar-refractivity contribution in [2.75, 3.05) is 13.2 Å². The first-order valence-corrected chi connectivity index (χ1v) is 5.09. The number of hydrogen-bond donors (Lipinski definition) is 1. The van der Waals surface area contributed by atoms with Crippen molar-refractivity contribution in [1.82, 2.24) is 5.32 Å². The van der Waals surface area contributed by atoms with Crippen LogP contribution >= 0.6 is 0 Å². The molecule has 4 heteroatoms. The molecule has 1 atom stereocenters. The van der Waals surface area contributed by atoms with E-state index in [1.54, 1.807) is 6.92 Å². The Labute approximate surface area is 90.7 Å². The molecule has 0 bridgehead atoms. The Morgan fingerprint density at radius 3 is 2.53 bits per heavy atom. The summed E-state index contributed by atoms with van der Waals surface area (Å²) in [7, 11) is 0. The van der Waals surface area contributed by atoms with Crippen LogP contribution in [0.1, 0.15) is 27.2 Å². The molecule has 0 saturated carbocycles. The molecule has 0 radical (unpaired) electrons. The first-order valence-electron chi connectivity index (χ1n) is 5.09. The average Bonchev–Trinajstić information content (AvgIpc) is 2.22. The molecule has 0 aliphatic carbocycles. The van der Waals surface area contributed by atoms with Crippen LogP contribution in [0, 0.1) is 5.92 Å². The zero-order valence-electron chi connectivity index (χ0n) is 9.63. The van der Waals surface area contributed by atoms with Gasteiger partial charge in [-0.3, -0.25) is 9.59 Å². The normalized spacial score (nSPS) is 11.7. The summed E-state index contributed by atoms with van der Waals surface area (Å²) in [5.41, 5.74) is 0.447. The van der Waals surface area contributed by atoms with E-state index >= 15 is 0 Å². The Balaban J connectivity index is 3.59. The topological polar surface area (TPSA) is 55.4 Å². The van der Waals surface area contributed by atoms with Crippen LogP contribution in [-0.4, -0.2) is 25.0 Å². The molecule has 0 aromatic heterocycles. The van der Waals surface area contributed by atoms with Gasteiger partial charge in [-0.05, 0) is 13.3 Å². The van der Waals surface area contributed by atoms with E-state index in [9.17, 15) is 9.59 Å². The summed E-state index contributed by atoms with van der Waals surface area (Å²) in [5, 5.41) is 2.58. The summed E-state index contributed by atoms with van der Waals surface area (Å²) in [4.78, 5) is 22.2. The van der Waals surface area contributed by atoms with Crippen LogP contribution in [0.4, 0.5) is 0 Å². The Bertz CT molecular complexity index is 248. The maximum absolute atomic E-state index is 11.2. The predicted octanol–water partition coefficient (Wildman–Crippen LogP) is 1.27. The number of ether oxygens (including phenoxy) is 1. The maximum Gasteiger partial charge on any atom is 0.308 e. The van der Waals surface area contributed by atoms with E-state index in [0.29, 0.717) is 12.1 Å². The van der Waals surface area contributed by atoms with Crippen molar-refractivity contribution in [1.29, 1.82) is 0 Å². The fourth-order valence-corrected chi connectivity index (χ4v) is 0.776. The van der Waals surface area contributed by atoms with Gasteiger partial charge in [-0.2, -0.15) is 0 Å². The van der Waals surface area contributed by atoms with Crippen molar-refractivity contribution < 1.29 is 14.3 Å². The highest BCUT2D eigenvalue weighted by Gasteiger charge is 2.11. The highest BCUT2D eigenvalue weighted by molar-refractivity contribution is 5.92. The smallest absolute Gasteiger partial charge is 0.308 e. The van der Waals surface area contributed by atoms with Crippen molar-refractivity contribution in [2.45, 2.75) is 27.2 Å². The summed E-state index contributed by atoms with van der Waals surface area (Å²) in [5.74, 6) is -0.515. The number of hydrogen-bond acceptors (Lipinski definition) is 3. The van der Waals surface area contributed by atoms with Crippen molar-refractivity contribution in [3.63, 3.8) is 0 Å². The highest BCUT2D eigenvalue weighted by Crippen LogP contribution is 2.02.